The molecular formula is C20H24N2O4. The van der Waals surface area contributed by atoms with Crippen LogP contribution >= 0.6 is 0 Å². The smallest absolute Gasteiger partial charge is 0.323 e. The summed E-state index contributed by atoms with van der Waals surface area (Å²) in [6.07, 6.45) is 4.15. The van der Waals surface area contributed by atoms with Crippen LogP contribution in [0.15, 0.2) is 24.3 Å². The van der Waals surface area contributed by atoms with E-state index in [1.165, 1.54) is 12.0 Å². The first-order valence-electron chi connectivity index (χ1n) is 9.34. The highest BCUT2D eigenvalue weighted by Crippen LogP contribution is 2.38. The Bertz CT molecular complexity index is 723. The van der Waals surface area contributed by atoms with Gasteiger partial charge in [-0.15, -0.1) is 0 Å². The second-order valence-corrected chi connectivity index (χ2v) is 7.50. The van der Waals surface area contributed by atoms with Crippen molar-refractivity contribution in [1.29, 1.82) is 0 Å². The largest absolute Gasteiger partial charge is 0.468 e. The van der Waals surface area contributed by atoms with Crippen molar-refractivity contribution in [3.05, 3.63) is 35.4 Å². The Morgan fingerprint density at radius 3 is 2.31 bits per heavy atom. The van der Waals surface area contributed by atoms with Gasteiger partial charge >= 0.3 is 5.97 Å². The van der Waals surface area contributed by atoms with Crippen LogP contribution in [0.4, 0.5) is 0 Å². The van der Waals surface area contributed by atoms with Crippen molar-refractivity contribution in [2.75, 3.05) is 13.8 Å². The van der Waals surface area contributed by atoms with Crippen LogP contribution in [0.3, 0.4) is 0 Å². The Balaban J connectivity index is 1.58. The third-order valence-electron chi connectivity index (χ3n) is 6.07. The number of amides is 2. The van der Waals surface area contributed by atoms with Gasteiger partial charge in [-0.25, -0.2) is 0 Å². The maximum absolute atomic E-state index is 12.8. The Morgan fingerprint density at radius 1 is 1.08 bits per heavy atom. The summed E-state index contributed by atoms with van der Waals surface area (Å²) >= 11 is 0. The van der Waals surface area contributed by atoms with E-state index in [1.54, 1.807) is 0 Å². The zero-order chi connectivity index (χ0) is 18.3. The molecule has 0 spiro atoms. The molecule has 26 heavy (non-hydrogen) atoms. The maximum Gasteiger partial charge on any atom is 0.323 e. The predicted molar refractivity (Wildman–Crippen MR) is 93.7 cm³/mol. The van der Waals surface area contributed by atoms with E-state index in [-0.39, 0.29) is 36.3 Å². The highest BCUT2D eigenvalue weighted by molar-refractivity contribution is 6.05. The van der Waals surface area contributed by atoms with Gasteiger partial charge in [0.15, 0.2) is 0 Å². The number of carbonyl (C=O) groups is 3. The maximum atomic E-state index is 12.8. The summed E-state index contributed by atoms with van der Waals surface area (Å²) in [5.41, 5.74) is 2.25. The Kier molecular flexibility index (Phi) is 4.53. The van der Waals surface area contributed by atoms with Crippen LogP contribution in [0, 0.1) is 11.8 Å². The molecule has 1 aromatic carbocycles. The van der Waals surface area contributed by atoms with E-state index in [9.17, 15) is 14.4 Å². The summed E-state index contributed by atoms with van der Waals surface area (Å²) in [6.45, 7) is 0.696. The second-order valence-electron chi connectivity index (χ2n) is 7.50. The molecule has 1 aliphatic carbocycles. The topological polar surface area (TPSA) is 66.9 Å². The number of likely N-dealkylation sites (tertiary alicyclic amines) is 1. The minimum atomic E-state index is -0.474. The van der Waals surface area contributed by atoms with Gasteiger partial charge in [-0.1, -0.05) is 37.1 Å². The minimum Gasteiger partial charge on any atom is -0.468 e. The van der Waals surface area contributed by atoms with Gasteiger partial charge in [-0.05, 0) is 30.4 Å². The monoisotopic (exact) mass is 356 g/mol. The Hall–Kier alpha value is -2.21. The standard InChI is InChI=1S/C20H24N2O4/c1-26-20(25)17-10-13-6-2-3-7-14(13)11-21(17)12-22-18(23)15-8-4-5-9-16(15)19(22)24/h2-3,6-7,15-17H,4-5,8-12H2,1H3/t15-,16-,17-/m0/s1. The first-order chi connectivity index (χ1) is 12.6. The van der Waals surface area contributed by atoms with E-state index in [2.05, 4.69) is 0 Å². The molecule has 0 aromatic heterocycles. The SMILES string of the molecule is COC(=O)[C@@H]1Cc2ccccc2CN1CN1C(=O)[C@H]2CCCC[C@@H]2C1=O. The fraction of sp³-hybridized carbons (Fsp3) is 0.550. The number of imide groups is 1. The van der Waals surface area contributed by atoms with Gasteiger partial charge in [-0.3, -0.25) is 24.2 Å². The lowest BCUT2D eigenvalue weighted by atomic mass is 9.81. The predicted octanol–water partition coefficient (Wildman–Crippen LogP) is 1.72. The molecule has 0 unspecified atom stereocenters. The molecule has 3 aliphatic rings. The summed E-state index contributed by atoms with van der Waals surface area (Å²) < 4.78 is 4.98. The van der Waals surface area contributed by atoms with E-state index in [0.29, 0.717) is 13.0 Å². The zero-order valence-electron chi connectivity index (χ0n) is 15.0. The minimum absolute atomic E-state index is 0.0674. The summed E-state index contributed by atoms with van der Waals surface area (Å²) in [7, 11) is 1.38. The van der Waals surface area contributed by atoms with Crippen LogP contribution < -0.4 is 0 Å². The van der Waals surface area contributed by atoms with Gasteiger partial charge in [0, 0.05) is 6.54 Å². The van der Waals surface area contributed by atoms with Crippen molar-refractivity contribution in [1.82, 2.24) is 9.80 Å². The summed E-state index contributed by atoms with van der Waals surface area (Å²) in [6, 6.07) is 7.50. The number of nitrogens with zero attached hydrogens (tertiary/aromatic N) is 2. The molecule has 2 fully saturated rings. The quantitative estimate of drug-likeness (QED) is 0.609. The highest BCUT2D eigenvalue weighted by Gasteiger charge is 2.49. The van der Waals surface area contributed by atoms with E-state index in [1.807, 2.05) is 29.2 Å². The van der Waals surface area contributed by atoms with E-state index >= 15 is 0 Å². The van der Waals surface area contributed by atoms with Crippen LogP contribution in [0.25, 0.3) is 0 Å². The lowest BCUT2D eigenvalue weighted by molar-refractivity contribution is -0.153. The molecule has 0 bridgehead atoms. The van der Waals surface area contributed by atoms with Crippen LogP contribution in [-0.2, 0) is 32.1 Å². The lowest BCUT2D eigenvalue weighted by Crippen LogP contribution is -2.52. The number of hydrogen-bond acceptors (Lipinski definition) is 5. The average molecular weight is 356 g/mol. The number of ether oxygens (including phenoxy) is 1. The molecule has 6 heteroatoms. The summed E-state index contributed by atoms with van der Waals surface area (Å²) in [4.78, 5) is 41.2. The van der Waals surface area contributed by atoms with Gasteiger partial charge in [0.1, 0.15) is 6.04 Å². The average Bonchev–Trinajstić information content (AvgIpc) is 2.92. The number of hydrogen-bond donors (Lipinski definition) is 0. The molecule has 0 N–H and O–H groups in total. The zero-order valence-corrected chi connectivity index (χ0v) is 15.0. The lowest BCUT2D eigenvalue weighted by Gasteiger charge is -2.36. The van der Waals surface area contributed by atoms with E-state index in [0.717, 1.165) is 36.8 Å². The second kappa shape index (κ2) is 6.83. The van der Waals surface area contributed by atoms with Gasteiger partial charge in [0.05, 0.1) is 25.6 Å². The van der Waals surface area contributed by atoms with Crippen molar-refractivity contribution in [2.45, 2.75) is 44.7 Å². The summed E-state index contributed by atoms with van der Waals surface area (Å²) in [5.74, 6) is -0.782. The van der Waals surface area contributed by atoms with Crippen molar-refractivity contribution >= 4 is 17.8 Å². The van der Waals surface area contributed by atoms with Crippen LogP contribution in [-0.4, -0.2) is 47.4 Å². The van der Waals surface area contributed by atoms with Crippen molar-refractivity contribution in [3.63, 3.8) is 0 Å². The van der Waals surface area contributed by atoms with Crippen molar-refractivity contribution in [2.24, 2.45) is 11.8 Å². The van der Waals surface area contributed by atoms with Crippen molar-refractivity contribution < 1.29 is 19.1 Å². The number of methoxy groups -OCH3 is 1. The molecule has 1 saturated carbocycles. The molecule has 6 nitrogen and oxygen atoms in total. The van der Waals surface area contributed by atoms with Crippen LogP contribution in [0.1, 0.15) is 36.8 Å². The first kappa shape index (κ1) is 17.2. The Morgan fingerprint density at radius 2 is 1.69 bits per heavy atom. The number of rotatable bonds is 3. The molecule has 4 rings (SSSR count). The fourth-order valence-electron chi connectivity index (χ4n) is 4.65. The van der Waals surface area contributed by atoms with Gasteiger partial charge < -0.3 is 4.74 Å². The van der Waals surface area contributed by atoms with Crippen LogP contribution in [0.2, 0.25) is 0 Å². The number of benzene rings is 1. The van der Waals surface area contributed by atoms with Crippen molar-refractivity contribution in [3.8, 4) is 0 Å². The normalized spacial score (nSPS) is 28.7. The van der Waals surface area contributed by atoms with Gasteiger partial charge in [-0.2, -0.15) is 0 Å². The number of esters is 1. The Labute approximate surface area is 153 Å². The summed E-state index contributed by atoms with van der Waals surface area (Å²) in [5, 5.41) is 0. The number of carbonyl (C=O) groups excluding carboxylic acids is 3. The van der Waals surface area contributed by atoms with E-state index in [4.69, 9.17) is 4.74 Å². The fourth-order valence-corrected chi connectivity index (χ4v) is 4.65. The van der Waals surface area contributed by atoms with Gasteiger partial charge in [0.25, 0.3) is 0 Å². The molecule has 1 saturated heterocycles. The number of fused-ring (bicyclic) bond motifs is 2. The van der Waals surface area contributed by atoms with Gasteiger partial charge in [0.2, 0.25) is 11.8 Å². The molecule has 2 heterocycles. The molecule has 2 aliphatic heterocycles. The molecule has 3 atom stereocenters. The molecule has 1 aromatic rings. The highest BCUT2D eigenvalue weighted by atomic mass is 16.5. The molecule has 2 amide bonds. The third kappa shape index (κ3) is 2.82. The molecular weight excluding hydrogens is 332 g/mol. The van der Waals surface area contributed by atoms with E-state index < -0.39 is 6.04 Å². The third-order valence-corrected chi connectivity index (χ3v) is 6.07. The molecule has 0 radical (unpaired) electrons. The van der Waals surface area contributed by atoms with Crippen LogP contribution in [0.5, 0.6) is 0 Å². The molecule has 138 valence electrons. The first-order valence-corrected chi connectivity index (χ1v) is 9.34.